The lowest BCUT2D eigenvalue weighted by Crippen LogP contribution is -2.38. The minimum absolute atomic E-state index is 0.00617. The highest BCUT2D eigenvalue weighted by Gasteiger charge is 2.10. The monoisotopic (exact) mass is 271 g/mol. The molecular formula is C13H18ClNO3. The zero-order valence-corrected chi connectivity index (χ0v) is 11.0. The summed E-state index contributed by atoms with van der Waals surface area (Å²) in [6.45, 7) is 4.99. The molecule has 0 amide bonds. The van der Waals surface area contributed by atoms with Gasteiger partial charge in [0.1, 0.15) is 12.4 Å². The molecule has 0 spiro atoms. The van der Waals surface area contributed by atoms with Crippen molar-refractivity contribution in [1.29, 1.82) is 0 Å². The second-order valence-corrected chi connectivity index (χ2v) is 4.63. The van der Waals surface area contributed by atoms with Crippen molar-refractivity contribution in [3.63, 3.8) is 0 Å². The summed E-state index contributed by atoms with van der Waals surface area (Å²) in [7, 11) is 0. The van der Waals surface area contributed by atoms with Gasteiger partial charge in [-0.3, -0.25) is 4.90 Å². The molecule has 100 valence electrons. The molecular weight excluding hydrogens is 254 g/mol. The summed E-state index contributed by atoms with van der Waals surface area (Å²) in [5, 5.41) is 9.53. The molecule has 1 aromatic carbocycles. The molecule has 0 unspecified atom stereocenters. The first-order valence-corrected chi connectivity index (χ1v) is 6.49. The fourth-order valence-corrected chi connectivity index (χ4v) is 2.13. The molecule has 2 rings (SSSR count). The molecule has 1 heterocycles. The maximum atomic E-state index is 8.98. The summed E-state index contributed by atoms with van der Waals surface area (Å²) in [4.78, 5) is 2.31. The molecule has 1 aromatic rings. The van der Waals surface area contributed by atoms with Crippen LogP contribution in [0, 0.1) is 0 Å². The van der Waals surface area contributed by atoms with Crippen LogP contribution in [0.4, 0.5) is 0 Å². The number of ether oxygens (including phenoxy) is 2. The van der Waals surface area contributed by atoms with Gasteiger partial charge in [-0.25, -0.2) is 0 Å². The third-order valence-electron chi connectivity index (χ3n) is 2.95. The number of nitrogens with zero attached hydrogens (tertiary/aromatic N) is 1. The summed E-state index contributed by atoms with van der Waals surface area (Å²) in [5.74, 6) is 0.669. The maximum absolute atomic E-state index is 8.98. The molecule has 1 fully saturated rings. The Labute approximate surface area is 112 Å². The van der Waals surface area contributed by atoms with E-state index in [1.165, 1.54) is 0 Å². The highest BCUT2D eigenvalue weighted by Crippen LogP contribution is 2.25. The third-order valence-corrected chi connectivity index (χ3v) is 3.24. The molecule has 5 heteroatoms. The minimum atomic E-state index is -0.00617. The van der Waals surface area contributed by atoms with Crippen LogP contribution < -0.4 is 4.74 Å². The maximum Gasteiger partial charge on any atom is 0.137 e. The van der Waals surface area contributed by atoms with Crippen molar-refractivity contribution in [1.82, 2.24) is 4.90 Å². The largest absolute Gasteiger partial charge is 0.491 e. The molecule has 18 heavy (non-hydrogen) atoms. The van der Waals surface area contributed by atoms with E-state index in [1.54, 1.807) is 12.1 Å². The Hall–Kier alpha value is -0.810. The van der Waals surface area contributed by atoms with Crippen molar-refractivity contribution in [3.8, 4) is 5.75 Å². The number of hydrogen-bond acceptors (Lipinski definition) is 4. The highest BCUT2D eigenvalue weighted by atomic mass is 35.5. The van der Waals surface area contributed by atoms with Gasteiger partial charge in [-0.05, 0) is 17.7 Å². The number of morpholine rings is 1. The predicted octanol–water partition coefficient (Wildman–Crippen LogP) is 1.54. The van der Waals surface area contributed by atoms with Crippen molar-refractivity contribution >= 4 is 11.6 Å². The van der Waals surface area contributed by atoms with Gasteiger partial charge in [0, 0.05) is 19.6 Å². The van der Waals surface area contributed by atoms with Crippen molar-refractivity contribution in [2.45, 2.75) is 6.61 Å². The molecule has 1 saturated heterocycles. The van der Waals surface area contributed by atoms with Crippen LogP contribution in [0.25, 0.3) is 0 Å². The van der Waals surface area contributed by atoms with Crippen LogP contribution in [0.5, 0.6) is 5.75 Å². The van der Waals surface area contributed by atoms with E-state index in [-0.39, 0.29) is 6.61 Å². The van der Waals surface area contributed by atoms with Gasteiger partial charge in [0.05, 0.1) is 24.8 Å². The van der Waals surface area contributed by atoms with Gasteiger partial charge in [-0.1, -0.05) is 17.7 Å². The molecule has 1 N–H and O–H groups in total. The van der Waals surface area contributed by atoms with Crippen molar-refractivity contribution < 1.29 is 14.6 Å². The van der Waals surface area contributed by atoms with Gasteiger partial charge in [0.15, 0.2) is 0 Å². The summed E-state index contributed by atoms with van der Waals surface area (Å²) in [6.07, 6.45) is 0. The van der Waals surface area contributed by atoms with Gasteiger partial charge in [0.2, 0.25) is 0 Å². The van der Waals surface area contributed by atoms with E-state index in [4.69, 9.17) is 26.2 Å². The smallest absolute Gasteiger partial charge is 0.137 e. The normalized spacial score (nSPS) is 16.8. The van der Waals surface area contributed by atoms with Crippen LogP contribution in [-0.4, -0.2) is 49.5 Å². The zero-order valence-electron chi connectivity index (χ0n) is 10.3. The molecule has 0 atom stereocenters. The van der Waals surface area contributed by atoms with Gasteiger partial charge < -0.3 is 14.6 Å². The molecule has 1 aliphatic heterocycles. The summed E-state index contributed by atoms with van der Waals surface area (Å²) in [5.41, 5.74) is 0.792. The lowest BCUT2D eigenvalue weighted by Gasteiger charge is -2.26. The lowest BCUT2D eigenvalue weighted by atomic mass is 10.2. The van der Waals surface area contributed by atoms with Gasteiger partial charge in [-0.2, -0.15) is 0 Å². The number of benzene rings is 1. The van der Waals surface area contributed by atoms with Crippen molar-refractivity contribution in [2.75, 3.05) is 39.5 Å². The Morgan fingerprint density at radius 2 is 2.11 bits per heavy atom. The molecule has 0 aromatic heterocycles. The predicted molar refractivity (Wildman–Crippen MR) is 70.1 cm³/mol. The summed E-state index contributed by atoms with van der Waals surface area (Å²) < 4.78 is 10.9. The van der Waals surface area contributed by atoms with Crippen LogP contribution in [0.1, 0.15) is 5.56 Å². The van der Waals surface area contributed by atoms with Crippen LogP contribution >= 0.6 is 11.6 Å². The van der Waals surface area contributed by atoms with E-state index < -0.39 is 0 Å². The molecule has 0 aliphatic carbocycles. The quantitative estimate of drug-likeness (QED) is 0.882. The first-order valence-electron chi connectivity index (χ1n) is 6.12. The standard InChI is InChI=1S/C13H18ClNO3/c14-12-9-11(10-16)1-2-13(12)18-8-5-15-3-6-17-7-4-15/h1-2,9,16H,3-8,10H2. The Bertz CT molecular complexity index is 380. The molecule has 0 saturated carbocycles. The fourth-order valence-electron chi connectivity index (χ4n) is 1.87. The Balaban J connectivity index is 1.79. The average Bonchev–Trinajstić information content (AvgIpc) is 2.42. The SMILES string of the molecule is OCc1ccc(OCCN2CCOCC2)c(Cl)c1. The van der Waals surface area contributed by atoms with E-state index in [0.717, 1.165) is 38.4 Å². The number of aliphatic hydroxyl groups excluding tert-OH is 1. The number of aliphatic hydroxyl groups is 1. The second-order valence-electron chi connectivity index (χ2n) is 4.23. The number of rotatable bonds is 5. The highest BCUT2D eigenvalue weighted by molar-refractivity contribution is 6.32. The first-order chi connectivity index (χ1) is 8.79. The first kappa shape index (κ1) is 13.6. The van der Waals surface area contributed by atoms with Gasteiger partial charge >= 0.3 is 0 Å². The fraction of sp³-hybridized carbons (Fsp3) is 0.538. The second kappa shape index (κ2) is 6.95. The molecule has 0 bridgehead atoms. The van der Waals surface area contributed by atoms with Crippen molar-refractivity contribution in [3.05, 3.63) is 28.8 Å². The van der Waals surface area contributed by atoms with Gasteiger partial charge in [0.25, 0.3) is 0 Å². The Morgan fingerprint density at radius 1 is 1.33 bits per heavy atom. The summed E-state index contributed by atoms with van der Waals surface area (Å²) in [6, 6.07) is 5.34. The Kier molecular flexibility index (Phi) is 5.26. The van der Waals surface area contributed by atoms with Crippen LogP contribution in [-0.2, 0) is 11.3 Å². The number of halogens is 1. The lowest BCUT2D eigenvalue weighted by molar-refractivity contribution is 0.0322. The Morgan fingerprint density at radius 3 is 2.78 bits per heavy atom. The van der Waals surface area contributed by atoms with Crippen molar-refractivity contribution in [2.24, 2.45) is 0 Å². The van der Waals surface area contributed by atoms with Crippen LogP contribution in [0.3, 0.4) is 0 Å². The average molecular weight is 272 g/mol. The topological polar surface area (TPSA) is 41.9 Å². The van der Waals surface area contributed by atoms with Crippen LogP contribution in [0.15, 0.2) is 18.2 Å². The minimum Gasteiger partial charge on any atom is -0.491 e. The van der Waals surface area contributed by atoms with Crippen LogP contribution in [0.2, 0.25) is 5.02 Å². The van der Waals surface area contributed by atoms with E-state index in [1.807, 2.05) is 6.07 Å². The van der Waals surface area contributed by atoms with E-state index in [2.05, 4.69) is 4.90 Å². The zero-order chi connectivity index (χ0) is 12.8. The van der Waals surface area contributed by atoms with E-state index in [9.17, 15) is 0 Å². The summed E-state index contributed by atoms with van der Waals surface area (Å²) >= 11 is 6.06. The molecule has 0 radical (unpaired) electrons. The van der Waals surface area contributed by atoms with Gasteiger partial charge in [-0.15, -0.1) is 0 Å². The number of hydrogen-bond donors (Lipinski definition) is 1. The molecule has 4 nitrogen and oxygen atoms in total. The third kappa shape index (κ3) is 3.85. The van der Waals surface area contributed by atoms with E-state index in [0.29, 0.717) is 17.4 Å². The van der Waals surface area contributed by atoms with E-state index >= 15 is 0 Å². The molecule has 1 aliphatic rings.